The summed E-state index contributed by atoms with van der Waals surface area (Å²) in [6.45, 7) is 23.2. The van der Waals surface area contributed by atoms with E-state index in [1.807, 2.05) is 46.0 Å². The van der Waals surface area contributed by atoms with Gasteiger partial charge in [-0.1, -0.05) is 19.0 Å². The number of hydrogen-bond acceptors (Lipinski definition) is 18. The van der Waals surface area contributed by atoms with E-state index in [9.17, 15) is 36.3 Å². The smallest absolute Gasteiger partial charge is 0.441 e. The molecule has 21 nitrogen and oxygen atoms in total. The van der Waals surface area contributed by atoms with Crippen LogP contribution in [0.3, 0.4) is 0 Å². The van der Waals surface area contributed by atoms with Crippen molar-refractivity contribution in [1.82, 2.24) is 59.1 Å². The number of fused-ring (bicyclic) bond motifs is 6. The predicted octanol–water partition coefficient (Wildman–Crippen LogP) is 10.1. The van der Waals surface area contributed by atoms with Crippen LogP contribution in [0.1, 0.15) is 66.6 Å². The minimum atomic E-state index is -0.607. The highest BCUT2D eigenvalue weighted by molar-refractivity contribution is 6.62. The third-order valence-corrected chi connectivity index (χ3v) is 15.8. The molecule has 0 unspecified atom stereocenters. The second kappa shape index (κ2) is 27.1. The molecular formula is C65H66BClF5N13O8. The van der Waals surface area contributed by atoms with Crippen LogP contribution in [0.15, 0.2) is 137 Å². The van der Waals surface area contributed by atoms with Gasteiger partial charge in [-0.2, -0.15) is 0 Å². The maximum absolute atomic E-state index is 14.4. The normalized spacial score (nSPS) is 16.7. The summed E-state index contributed by atoms with van der Waals surface area (Å²) in [7, 11) is -0.607. The SMILES string of the molecule is C.C[C@H]1CNCCN1.Cc1nc2c(F)cc(-c3cc(=O)n4cc(F)ccc4n3)cc2o1.Cc1nc2c(F)cc(-c3cc(=O)n4cc(N5CCN[C@@H](C)C5)ccc4n3)cc2o1.Cc1nc2c(F)cc(B3OC(C)(C)C(C)(C)O3)cc2o1.O=c1cc(Cl)nc2ccc(F)cn12. The molecule has 3 aliphatic rings. The third kappa shape index (κ3) is 14.8. The molecule has 3 saturated heterocycles. The van der Waals surface area contributed by atoms with Crippen LogP contribution >= 0.6 is 11.6 Å². The monoisotopic (exact) mass is 1300 g/mol. The standard InChI is InChI=1S/C21H20FN5O2.C16H9F2N3O2.C14H17BFNO3.C8H4ClFN2O.C5H12N2.CH4/c1-12-10-26(6-5-23-12)15-3-4-19-25-17(9-20(28)27(19)11-15)14-7-16(22)21-18(8-14)29-13(2)24-21;1-8-19-16-11(18)4-9(5-13(16)23-8)12-6-15(22)21-7-10(17)2-3-14(21)20-12;1-8-17-12-10(16)6-9(7-11(12)18-8)15-19-13(2,3)14(4,5)20-15;9-6-3-8(13)12-4-5(10)1-2-7(12)11-6;1-5-4-6-2-3-7-5;/h3-4,7-9,11-12,23H,5-6,10H2,1-2H3;2-7H,1H3;6-7H,1-5H3;1-4H;5-7H,2-4H2,1H3;1H4/t12-;;;;5-;/m0...0./s1. The largest absolute Gasteiger partial charge is 0.495 e. The average molecular weight is 1300 g/mol. The van der Waals surface area contributed by atoms with Gasteiger partial charge in [-0.15, -0.1) is 0 Å². The lowest BCUT2D eigenvalue weighted by atomic mass is 9.79. The van der Waals surface area contributed by atoms with Crippen LogP contribution in [-0.2, 0) is 9.31 Å². The number of piperazine rings is 2. The van der Waals surface area contributed by atoms with Crippen molar-refractivity contribution < 1.29 is 44.5 Å². The van der Waals surface area contributed by atoms with E-state index in [2.05, 4.69) is 64.6 Å². The zero-order chi connectivity index (χ0) is 65.5. The number of oxazole rings is 3. The summed E-state index contributed by atoms with van der Waals surface area (Å²) in [5.74, 6) is -1.35. The molecule has 0 bridgehead atoms. The molecule has 0 radical (unpaired) electrons. The summed E-state index contributed by atoms with van der Waals surface area (Å²) >= 11 is 5.55. The van der Waals surface area contributed by atoms with Gasteiger partial charge in [-0.3, -0.25) is 27.6 Å². The Bertz CT molecular complexity index is 4940. The maximum atomic E-state index is 14.4. The van der Waals surface area contributed by atoms with E-state index in [0.717, 1.165) is 72.2 Å². The van der Waals surface area contributed by atoms with Crippen LogP contribution in [-0.4, -0.2) is 113 Å². The van der Waals surface area contributed by atoms with Crippen molar-refractivity contribution in [2.75, 3.05) is 44.2 Å². The Kier molecular flexibility index (Phi) is 19.5. The summed E-state index contributed by atoms with van der Waals surface area (Å²) < 4.78 is 100. The zero-order valence-electron chi connectivity index (χ0n) is 51.4. The van der Waals surface area contributed by atoms with Crippen LogP contribution in [0.5, 0.6) is 0 Å². The van der Waals surface area contributed by atoms with Crippen molar-refractivity contribution in [3.05, 3.63) is 193 Å². The van der Waals surface area contributed by atoms with E-state index < -0.39 is 58.5 Å². The highest BCUT2D eigenvalue weighted by Crippen LogP contribution is 2.37. The molecule has 15 rings (SSSR count). The highest BCUT2D eigenvalue weighted by Gasteiger charge is 2.52. The number of rotatable bonds is 4. The molecule has 9 aromatic heterocycles. The van der Waals surface area contributed by atoms with Gasteiger partial charge < -0.3 is 43.4 Å². The van der Waals surface area contributed by atoms with Gasteiger partial charge >= 0.3 is 7.12 Å². The van der Waals surface area contributed by atoms with Crippen molar-refractivity contribution in [1.29, 1.82) is 0 Å². The molecule has 93 heavy (non-hydrogen) atoms. The molecule has 3 N–H and O–H groups in total. The van der Waals surface area contributed by atoms with Gasteiger partial charge in [0.2, 0.25) is 0 Å². The number of anilines is 1. The number of pyridine rings is 3. The maximum Gasteiger partial charge on any atom is 0.495 e. The first kappa shape index (κ1) is 66.7. The molecule has 3 aromatic carbocycles. The Morgan fingerprint density at radius 1 is 0.538 bits per heavy atom. The zero-order valence-corrected chi connectivity index (χ0v) is 52.1. The fraction of sp³-hybridized carbons (Fsp3) is 0.308. The number of aromatic nitrogens is 9. The number of halogens is 6. The van der Waals surface area contributed by atoms with E-state index in [1.54, 1.807) is 39.0 Å². The molecule has 12 heterocycles. The van der Waals surface area contributed by atoms with Gasteiger partial charge in [0.05, 0.1) is 28.3 Å². The lowest BCUT2D eigenvalue weighted by Gasteiger charge is -2.33. The summed E-state index contributed by atoms with van der Waals surface area (Å²) in [5.41, 5.74) is 3.80. The van der Waals surface area contributed by atoms with E-state index >= 15 is 0 Å². The summed E-state index contributed by atoms with van der Waals surface area (Å²) in [4.78, 5) is 63.0. The van der Waals surface area contributed by atoms with Gasteiger partial charge in [-0.25, -0.2) is 51.9 Å². The first-order valence-electron chi connectivity index (χ1n) is 29.3. The molecule has 28 heteroatoms. The summed E-state index contributed by atoms with van der Waals surface area (Å²) in [5, 5.41) is 10.1. The average Bonchev–Trinajstić information content (AvgIpc) is 1.75. The van der Waals surface area contributed by atoms with E-state index in [1.165, 1.54) is 59.0 Å². The number of aryl methyl sites for hydroxylation is 3. The van der Waals surface area contributed by atoms with E-state index in [0.29, 0.717) is 74.5 Å². The number of benzene rings is 3. The first-order valence-corrected chi connectivity index (χ1v) is 29.7. The summed E-state index contributed by atoms with van der Waals surface area (Å²) in [6, 6.07) is 22.7. The van der Waals surface area contributed by atoms with Crippen molar-refractivity contribution >= 4 is 80.1 Å². The molecule has 0 aliphatic carbocycles. The molecule has 2 atom stereocenters. The molecular weight excluding hydrogens is 1230 g/mol. The Balaban J connectivity index is 0.000000134. The topological polar surface area (TPSA) is 239 Å². The molecule has 3 aliphatic heterocycles. The number of nitrogens with one attached hydrogen (secondary N) is 3. The van der Waals surface area contributed by atoms with Crippen molar-refractivity contribution in [3.8, 4) is 22.5 Å². The van der Waals surface area contributed by atoms with Gasteiger partial charge in [0, 0.05) is 120 Å². The number of hydrogen-bond donors (Lipinski definition) is 3. The Morgan fingerprint density at radius 2 is 0.989 bits per heavy atom. The Morgan fingerprint density at radius 3 is 1.46 bits per heavy atom. The van der Waals surface area contributed by atoms with Crippen molar-refractivity contribution in [2.45, 2.75) is 93.0 Å². The highest BCUT2D eigenvalue weighted by atomic mass is 35.5. The second-order valence-corrected chi connectivity index (χ2v) is 23.6. The van der Waals surface area contributed by atoms with Crippen LogP contribution in [0.4, 0.5) is 27.6 Å². The second-order valence-electron chi connectivity index (χ2n) is 23.2. The molecule has 3 fully saturated rings. The fourth-order valence-electron chi connectivity index (χ4n) is 10.4. The summed E-state index contributed by atoms with van der Waals surface area (Å²) in [6.07, 6.45) is 3.94. The van der Waals surface area contributed by atoms with Gasteiger partial charge in [0.15, 0.2) is 51.9 Å². The van der Waals surface area contributed by atoms with E-state index in [-0.39, 0.29) is 51.6 Å². The molecule has 0 spiro atoms. The van der Waals surface area contributed by atoms with Gasteiger partial charge in [-0.05, 0) is 120 Å². The lowest BCUT2D eigenvalue weighted by molar-refractivity contribution is 0.00578. The fourth-order valence-corrected chi connectivity index (χ4v) is 10.6. The minimum Gasteiger partial charge on any atom is -0.441 e. The lowest BCUT2D eigenvalue weighted by Crippen LogP contribution is -2.49. The van der Waals surface area contributed by atoms with Gasteiger partial charge in [0.1, 0.15) is 50.3 Å². The predicted molar refractivity (Wildman–Crippen MR) is 346 cm³/mol. The molecule has 12 aromatic rings. The number of nitrogens with zero attached hydrogens (tertiary/aromatic N) is 10. The quantitative estimate of drug-likeness (QED) is 0.0843. The van der Waals surface area contributed by atoms with Gasteiger partial charge in [0.25, 0.3) is 16.7 Å². The van der Waals surface area contributed by atoms with Crippen LogP contribution in [0.2, 0.25) is 5.15 Å². The molecule has 0 amide bonds. The van der Waals surface area contributed by atoms with E-state index in [4.69, 9.17) is 34.2 Å². The Hall–Kier alpha value is -9.25. The minimum absolute atomic E-state index is 0. The first-order chi connectivity index (χ1) is 43.7. The molecule has 0 saturated carbocycles. The van der Waals surface area contributed by atoms with Crippen LogP contribution in [0, 0.1) is 49.9 Å². The van der Waals surface area contributed by atoms with Crippen LogP contribution < -0.4 is 43.0 Å². The third-order valence-electron chi connectivity index (χ3n) is 15.6. The van der Waals surface area contributed by atoms with Crippen molar-refractivity contribution in [3.63, 3.8) is 0 Å². The Labute approximate surface area is 533 Å². The van der Waals surface area contributed by atoms with Crippen molar-refractivity contribution in [2.24, 2.45) is 0 Å². The molecule has 484 valence electrons. The van der Waals surface area contributed by atoms with Crippen LogP contribution in [0.25, 0.3) is 72.8 Å².